The molecule has 0 atom stereocenters. The van der Waals surface area contributed by atoms with Gasteiger partial charge in [-0.25, -0.2) is 4.39 Å². The molecule has 4 heteroatoms. The maximum absolute atomic E-state index is 12.9. The second-order valence-electron chi connectivity index (χ2n) is 4.31. The molecule has 0 radical (unpaired) electrons. The van der Waals surface area contributed by atoms with Crippen molar-refractivity contribution in [1.82, 2.24) is 9.47 Å². The molecule has 0 N–H and O–H groups in total. The van der Waals surface area contributed by atoms with Gasteiger partial charge in [0.05, 0.1) is 6.42 Å². The van der Waals surface area contributed by atoms with Gasteiger partial charge in [-0.1, -0.05) is 0 Å². The smallest absolute Gasteiger partial charge is 0.228 e. The molecule has 0 saturated carbocycles. The van der Waals surface area contributed by atoms with Crippen LogP contribution in [-0.2, 0) is 11.2 Å². The van der Waals surface area contributed by atoms with Crippen LogP contribution in [0.3, 0.4) is 0 Å². The average Bonchev–Trinajstić information content (AvgIpc) is 2.78. The Hall–Kier alpha value is -2.10. The van der Waals surface area contributed by atoms with Gasteiger partial charge in [0, 0.05) is 31.7 Å². The third-order valence-electron chi connectivity index (χ3n) is 2.77. The summed E-state index contributed by atoms with van der Waals surface area (Å²) >= 11 is 0. The summed E-state index contributed by atoms with van der Waals surface area (Å²) in [5.41, 5.74) is 1.74. The molecule has 1 aromatic heterocycles. The first-order chi connectivity index (χ1) is 8.58. The molecule has 0 aliphatic carbocycles. The van der Waals surface area contributed by atoms with E-state index >= 15 is 0 Å². The molecule has 3 nitrogen and oxygen atoms in total. The molecule has 0 fully saturated rings. The molecule has 94 valence electrons. The molecule has 0 unspecified atom stereocenters. The zero-order chi connectivity index (χ0) is 13.1. The molecule has 0 bridgehead atoms. The minimum absolute atomic E-state index is 0.0389. The molecule has 1 heterocycles. The fourth-order valence-electron chi connectivity index (χ4n) is 1.73. The monoisotopic (exact) mass is 246 g/mol. The Bertz CT molecular complexity index is 543. The van der Waals surface area contributed by atoms with E-state index in [9.17, 15) is 9.18 Å². The van der Waals surface area contributed by atoms with Crippen LogP contribution in [0, 0.1) is 5.82 Å². The number of rotatable bonds is 3. The SMILES string of the molecule is CN(C)C(=O)Cc1cccn1-c1ccc(F)cc1. The molecule has 0 aliphatic heterocycles. The number of carbonyl (C=O) groups excluding carboxylic acids is 1. The topological polar surface area (TPSA) is 25.2 Å². The molecular formula is C14H15FN2O. The number of amides is 1. The van der Waals surface area contributed by atoms with Gasteiger partial charge in [-0.15, -0.1) is 0 Å². The van der Waals surface area contributed by atoms with Crippen molar-refractivity contribution >= 4 is 5.91 Å². The fraction of sp³-hybridized carbons (Fsp3) is 0.214. The predicted octanol–water partition coefficient (Wildman–Crippen LogP) is 2.25. The number of hydrogen-bond acceptors (Lipinski definition) is 1. The Morgan fingerprint density at radius 1 is 1.22 bits per heavy atom. The molecule has 2 rings (SSSR count). The Kier molecular flexibility index (Phi) is 3.46. The summed E-state index contributed by atoms with van der Waals surface area (Å²) in [5, 5.41) is 0. The Morgan fingerprint density at radius 3 is 2.50 bits per heavy atom. The highest BCUT2D eigenvalue weighted by Crippen LogP contribution is 2.14. The second kappa shape index (κ2) is 5.04. The van der Waals surface area contributed by atoms with Gasteiger partial charge in [-0.05, 0) is 36.4 Å². The van der Waals surface area contributed by atoms with Crippen molar-refractivity contribution in [2.75, 3.05) is 14.1 Å². The van der Waals surface area contributed by atoms with E-state index in [0.717, 1.165) is 11.4 Å². The van der Waals surface area contributed by atoms with Gasteiger partial charge in [-0.2, -0.15) is 0 Å². The van der Waals surface area contributed by atoms with Gasteiger partial charge >= 0.3 is 0 Å². The van der Waals surface area contributed by atoms with Gasteiger partial charge in [0.1, 0.15) is 5.82 Å². The largest absolute Gasteiger partial charge is 0.348 e. The van der Waals surface area contributed by atoms with Crippen molar-refractivity contribution in [3.05, 3.63) is 54.1 Å². The number of nitrogens with zero attached hydrogens (tertiary/aromatic N) is 2. The lowest BCUT2D eigenvalue weighted by Gasteiger charge is -2.12. The standard InChI is InChI=1S/C14H15FN2O/c1-16(2)14(18)10-13-4-3-9-17(13)12-7-5-11(15)6-8-12/h3-9H,10H2,1-2H3. The highest BCUT2D eigenvalue weighted by atomic mass is 19.1. The van der Waals surface area contributed by atoms with E-state index < -0.39 is 0 Å². The van der Waals surface area contributed by atoms with E-state index in [2.05, 4.69) is 0 Å². The first-order valence-corrected chi connectivity index (χ1v) is 5.70. The normalized spacial score (nSPS) is 10.4. The summed E-state index contributed by atoms with van der Waals surface area (Å²) in [5.74, 6) is -0.228. The van der Waals surface area contributed by atoms with E-state index in [0.29, 0.717) is 6.42 Å². The van der Waals surface area contributed by atoms with Gasteiger partial charge in [0.25, 0.3) is 0 Å². The summed E-state index contributed by atoms with van der Waals surface area (Å²) in [6.07, 6.45) is 2.20. The highest BCUT2D eigenvalue weighted by Gasteiger charge is 2.10. The molecule has 0 saturated heterocycles. The first-order valence-electron chi connectivity index (χ1n) is 5.70. The minimum atomic E-state index is -0.267. The summed E-state index contributed by atoms with van der Waals surface area (Å²) in [7, 11) is 3.46. The van der Waals surface area contributed by atoms with Crippen LogP contribution in [0.4, 0.5) is 4.39 Å². The lowest BCUT2D eigenvalue weighted by Crippen LogP contribution is -2.24. The van der Waals surface area contributed by atoms with Crippen molar-refractivity contribution in [1.29, 1.82) is 0 Å². The van der Waals surface area contributed by atoms with Gasteiger partial charge in [-0.3, -0.25) is 4.79 Å². The number of halogens is 1. The van der Waals surface area contributed by atoms with Crippen molar-refractivity contribution < 1.29 is 9.18 Å². The van der Waals surface area contributed by atoms with Crippen molar-refractivity contribution in [3.63, 3.8) is 0 Å². The summed E-state index contributed by atoms with van der Waals surface area (Å²) in [4.78, 5) is 13.3. The van der Waals surface area contributed by atoms with Crippen LogP contribution in [0.5, 0.6) is 0 Å². The Morgan fingerprint density at radius 2 is 1.89 bits per heavy atom. The lowest BCUT2D eigenvalue weighted by molar-refractivity contribution is -0.128. The van der Waals surface area contributed by atoms with Crippen LogP contribution in [0.2, 0.25) is 0 Å². The molecule has 1 amide bonds. The average molecular weight is 246 g/mol. The molecule has 2 aromatic rings. The van der Waals surface area contributed by atoms with E-state index in [-0.39, 0.29) is 11.7 Å². The van der Waals surface area contributed by atoms with E-state index in [4.69, 9.17) is 0 Å². The third kappa shape index (κ3) is 2.59. The zero-order valence-corrected chi connectivity index (χ0v) is 10.4. The van der Waals surface area contributed by atoms with Crippen LogP contribution < -0.4 is 0 Å². The highest BCUT2D eigenvalue weighted by molar-refractivity contribution is 5.78. The van der Waals surface area contributed by atoms with E-state index in [1.165, 1.54) is 12.1 Å². The Labute approximate surface area is 105 Å². The van der Waals surface area contributed by atoms with Crippen LogP contribution >= 0.6 is 0 Å². The molecular weight excluding hydrogens is 231 g/mol. The van der Waals surface area contributed by atoms with Gasteiger partial charge < -0.3 is 9.47 Å². The number of carbonyl (C=O) groups is 1. The van der Waals surface area contributed by atoms with Crippen LogP contribution in [0.25, 0.3) is 5.69 Å². The van der Waals surface area contributed by atoms with E-state index in [1.54, 1.807) is 31.1 Å². The van der Waals surface area contributed by atoms with Crippen LogP contribution in [0.1, 0.15) is 5.69 Å². The van der Waals surface area contributed by atoms with Crippen molar-refractivity contribution in [2.45, 2.75) is 6.42 Å². The quantitative estimate of drug-likeness (QED) is 0.815. The predicted molar refractivity (Wildman–Crippen MR) is 68.1 cm³/mol. The number of aromatic nitrogens is 1. The minimum Gasteiger partial charge on any atom is -0.348 e. The second-order valence-corrected chi connectivity index (χ2v) is 4.31. The zero-order valence-electron chi connectivity index (χ0n) is 10.4. The third-order valence-corrected chi connectivity index (χ3v) is 2.77. The van der Waals surface area contributed by atoms with Crippen molar-refractivity contribution in [2.24, 2.45) is 0 Å². The van der Waals surface area contributed by atoms with Gasteiger partial charge in [0.2, 0.25) is 5.91 Å². The number of likely N-dealkylation sites (N-methyl/N-ethyl adjacent to an activating group) is 1. The van der Waals surface area contributed by atoms with Crippen molar-refractivity contribution in [3.8, 4) is 5.69 Å². The maximum atomic E-state index is 12.9. The van der Waals surface area contributed by atoms with Crippen LogP contribution in [-0.4, -0.2) is 29.5 Å². The maximum Gasteiger partial charge on any atom is 0.228 e. The number of hydrogen-bond donors (Lipinski definition) is 0. The molecule has 0 spiro atoms. The summed E-state index contributed by atoms with van der Waals surface area (Å²) < 4.78 is 14.8. The summed E-state index contributed by atoms with van der Waals surface area (Å²) in [6, 6.07) is 9.98. The van der Waals surface area contributed by atoms with E-state index in [1.807, 2.05) is 22.9 Å². The lowest BCUT2D eigenvalue weighted by atomic mass is 10.2. The molecule has 1 aromatic carbocycles. The molecule has 0 aliphatic rings. The Balaban J connectivity index is 2.27. The first kappa shape index (κ1) is 12.4. The number of benzene rings is 1. The fourth-order valence-corrected chi connectivity index (χ4v) is 1.73. The summed E-state index contributed by atoms with van der Waals surface area (Å²) in [6.45, 7) is 0. The van der Waals surface area contributed by atoms with Crippen LogP contribution in [0.15, 0.2) is 42.6 Å². The molecule has 18 heavy (non-hydrogen) atoms. The van der Waals surface area contributed by atoms with Gasteiger partial charge in [0.15, 0.2) is 0 Å².